The van der Waals surface area contributed by atoms with Crippen LogP contribution in [0.15, 0.2) is 59.2 Å². The molecule has 1 aliphatic carbocycles. The molecule has 5 rings (SSSR count). The van der Waals surface area contributed by atoms with Gasteiger partial charge in [0.2, 0.25) is 0 Å². The van der Waals surface area contributed by atoms with Crippen molar-refractivity contribution in [3.63, 3.8) is 0 Å². The van der Waals surface area contributed by atoms with Gasteiger partial charge in [-0.25, -0.2) is 4.98 Å². The molecule has 310 valence electrons. The van der Waals surface area contributed by atoms with Crippen LogP contribution in [0, 0.1) is 0 Å². The number of aromatic nitrogens is 2. The van der Waals surface area contributed by atoms with E-state index in [1.165, 1.54) is 38.9 Å². The molecular weight excluding hydrogens is 867 g/mol. The van der Waals surface area contributed by atoms with Gasteiger partial charge >= 0.3 is 25.8 Å². The summed E-state index contributed by atoms with van der Waals surface area (Å²) < 4.78 is 8.66. The maximum atomic E-state index is 6.43. The van der Waals surface area contributed by atoms with Gasteiger partial charge in [-0.2, -0.15) is 42.3 Å². The minimum absolute atomic E-state index is 0. The Kier molecular flexibility index (Phi) is 23.2. The molecule has 7 nitrogen and oxygen atoms in total. The summed E-state index contributed by atoms with van der Waals surface area (Å²) >= 11 is 0. The summed E-state index contributed by atoms with van der Waals surface area (Å²) in [6, 6.07) is 11.3. The Morgan fingerprint density at radius 3 is 1.65 bits per heavy atom. The van der Waals surface area contributed by atoms with Crippen molar-refractivity contribution in [2.75, 3.05) is 42.3 Å². The summed E-state index contributed by atoms with van der Waals surface area (Å²) in [6.45, 7) is 25.2. The summed E-state index contributed by atoms with van der Waals surface area (Å²) in [4.78, 5) is 5.54. The number of allylic oxidation sites excluding steroid dienone is 3. The van der Waals surface area contributed by atoms with Crippen LogP contribution in [0.3, 0.4) is 0 Å². The molecule has 0 bridgehead atoms. The molecule has 0 amide bonds. The third-order valence-electron chi connectivity index (χ3n) is 9.71. The number of fused-ring (bicyclic) bond motifs is 1. The van der Waals surface area contributed by atoms with Gasteiger partial charge in [0.05, 0.1) is 11.5 Å². The largest absolute Gasteiger partial charge is 4.00 e. The van der Waals surface area contributed by atoms with E-state index in [0.717, 1.165) is 47.1 Å². The van der Waals surface area contributed by atoms with Gasteiger partial charge in [0.25, 0.3) is 0 Å². The molecule has 1 unspecified atom stereocenters. The van der Waals surface area contributed by atoms with Crippen molar-refractivity contribution in [2.24, 2.45) is 7.05 Å². The molecule has 8 heteroatoms. The average molecular weight is 942 g/mol. The van der Waals surface area contributed by atoms with Crippen LogP contribution in [0.25, 0.3) is 38.6 Å². The van der Waals surface area contributed by atoms with Gasteiger partial charge in [-0.15, -0.1) is 5.69 Å². The van der Waals surface area contributed by atoms with Gasteiger partial charge in [0.1, 0.15) is 11.5 Å². The minimum Gasteiger partial charge on any atom is -0.671 e. The van der Waals surface area contributed by atoms with Gasteiger partial charge in [-0.05, 0) is 70.4 Å². The van der Waals surface area contributed by atoms with Crippen molar-refractivity contribution >= 4 is 11.8 Å². The zero-order valence-corrected chi connectivity index (χ0v) is 42.3. The number of hydrogen-bond acceptors (Lipinski definition) is 2. The monoisotopic (exact) mass is 943 g/mol. The third kappa shape index (κ3) is 13.5. The van der Waals surface area contributed by atoms with Crippen LogP contribution in [0.5, 0.6) is 0 Å². The van der Waals surface area contributed by atoms with Crippen molar-refractivity contribution in [1.82, 2.24) is 9.55 Å². The molecular formula is C49H74HfN6O. The van der Waals surface area contributed by atoms with Gasteiger partial charge in [-0.1, -0.05) is 136 Å². The van der Waals surface area contributed by atoms with Crippen molar-refractivity contribution < 1.29 is 30.3 Å². The van der Waals surface area contributed by atoms with Gasteiger partial charge in [0.15, 0.2) is 0 Å². The zero-order chi connectivity index (χ0) is 42.3. The van der Waals surface area contributed by atoms with E-state index in [9.17, 15) is 0 Å². The Balaban J connectivity index is 0.00000149. The Labute approximate surface area is 367 Å². The number of benzene rings is 2. The molecule has 1 aliphatic rings. The molecule has 0 aliphatic heterocycles. The molecule has 2 aromatic heterocycles. The van der Waals surface area contributed by atoms with E-state index in [1.807, 2.05) is 0 Å². The molecule has 4 aromatic rings. The molecule has 2 heterocycles. The first-order valence-electron chi connectivity index (χ1n) is 20.5. The topological polar surface area (TPSA) is 87.4 Å². The maximum Gasteiger partial charge on any atom is 4.00 e. The maximum absolute atomic E-state index is 6.43. The van der Waals surface area contributed by atoms with Gasteiger partial charge in [-0.3, -0.25) is 0 Å². The summed E-state index contributed by atoms with van der Waals surface area (Å²) in [5.74, 6) is 4.69. The first-order valence-corrected chi connectivity index (χ1v) is 20.5. The second-order valence-corrected chi connectivity index (χ2v) is 16.2. The molecule has 0 saturated carbocycles. The minimum atomic E-state index is -0.280. The van der Waals surface area contributed by atoms with Crippen molar-refractivity contribution in [2.45, 2.75) is 125 Å². The van der Waals surface area contributed by atoms with E-state index >= 15 is 0 Å². The molecule has 0 N–H and O–H groups in total. The number of para-hydroxylation sites is 1. The standard InChI is InChI=1S/C43H56N3O.3C2H6N.Hf/c1-13-37-40(33-18-15-14-16-21-38(33)47-37)36-24-46(12)43(44-36)42(45-41-31(26(4)5)19-17-20-32(41)27(6)7)39-34(28(8)9)22-30(25(2)3)23-35(39)29(10)11;3*1-3-2;/h14-17,19-29,42H,13,18H2,1-12H3;3*1-2H3;/q4*-1;+4. The van der Waals surface area contributed by atoms with Crippen LogP contribution in [0.1, 0.15) is 168 Å². The van der Waals surface area contributed by atoms with Crippen molar-refractivity contribution in [3.05, 3.63) is 132 Å². The summed E-state index contributed by atoms with van der Waals surface area (Å²) in [5, 5.41) is 16.4. The molecule has 0 spiro atoms. The molecule has 0 saturated heterocycles. The first kappa shape index (κ1) is 52.0. The van der Waals surface area contributed by atoms with Crippen molar-refractivity contribution in [1.29, 1.82) is 0 Å². The Morgan fingerprint density at radius 1 is 0.719 bits per heavy atom. The van der Waals surface area contributed by atoms with E-state index in [-0.39, 0.29) is 31.9 Å². The fourth-order valence-electron chi connectivity index (χ4n) is 7.05. The Bertz CT molecular complexity index is 1780. The molecule has 1 atom stereocenters. The summed E-state index contributed by atoms with van der Waals surface area (Å²) in [6.07, 6.45) is 12.3. The summed E-state index contributed by atoms with van der Waals surface area (Å²) in [5.41, 5.74) is 12.4. The zero-order valence-electron chi connectivity index (χ0n) is 38.7. The first-order chi connectivity index (χ1) is 26.6. The summed E-state index contributed by atoms with van der Waals surface area (Å²) in [7, 11) is 12.6. The number of imidazole rings is 1. The van der Waals surface area contributed by atoms with E-state index < -0.39 is 0 Å². The predicted octanol–water partition coefficient (Wildman–Crippen LogP) is 14.6. The quantitative estimate of drug-likeness (QED) is 0.140. The van der Waals surface area contributed by atoms with Crippen LogP contribution in [-0.2, 0) is 45.7 Å². The average Bonchev–Trinajstić information content (AvgIpc) is 3.60. The Hall–Kier alpha value is -3.04. The van der Waals surface area contributed by atoms with Crippen LogP contribution in [0.2, 0.25) is 0 Å². The molecule has 2 aromatic carbocycles. The van der Waals surface area contributed by atoms with Crippen LogP contribution in [-0.4, -0.2) is 51.8 Å². The second kappa shape index (κ2) is 25.4. The van der Waals surface area contributed by atoms with Crippen molar-refractivity contribution in [3.8, 4) is 11.3 Å². The fourth-order valence-corrected chi connectivity index (χ4v) is 7.05. The smallest absolute Gasteiger partial charge is 0.671 e. The number of rotatable bonds is 11. The van der Waals surface area contributed by atoms with Crippen LogP contribution >= 0.6 is 0 Å². The van der Waals surface area contributed by atoms with Gasteiger partial charge < -0.3 is 30.3 Å². The molecule has 0 fully saturated rings. The van der Waals surface area contributed by atoms with E-state index in [1.54, 1.807) is 42.3 Å². The number of hydrogen-bond donors (Lipinski definition) is 0. The predicted molar refractivity (Wildman–Crippen MR) is 246 cm³/mol. The van der Waals surface area contributed by atoms with Crippen LogP contribution < -0.4 is 0 Å². The third-order valence-corrected chi connectivity index (χ3v) is 9.71. The number of aryl methyl sites for hydroxylation is 2. The van der Waals surface area contributed by atoms with Crippen LogP contribution in [0.4, 0.5) is 5.69 Å². The number of furan rings is 1. The molecule has 0 radical (unpaired) electrons. The van der Waals surface area contributed by atoms with E-state index in [0.29, 0.717) is 29.6 Å². The fraction of sp³-hybridized carbons (Fsp3) is 0.531. The second-order valence-electron chi connectivity index (χ2n) is 16.2. The number of nitrogens with zero attached hydrogens (tertiary/aromatic N) is 6. The van der Waals surface area contributed by atoms with E-state index in [2.05, 4.69) is 165 Å². The Morgan fingerprint density at radius 2 is 1.21 bits per heavy atom. The van der Waals surface area contributed by atoms with Gasteiger partial charge in [0, 0.05) is 30.8 Å². The SMILES string of the molecule is CCc1oc2c(c1-c1cn(C)c(C([N-]c3c(C(C)C)cccc3C(C)C)c3c(C(C)C)cc(C(C)C)cc3C(C)C)n1)CC=CC=C2.C[N-]C.C[N-]C.C[N-]C.[Hf+4]. The van der Waals surface area contributed by atoms with E-state index in [4.69, 9.17) is 14.7 Å². The normalized spacial score (nSPS) is 12.3. The molecule has 57 heavy (non-hydrogen) atoms.